The van der Waals surface area contributed by atoms with Crippen molar-refractivity contribution in [2.75, 3.05) is 6.54 Å². The van der Waals surface area contributed by atoms with E-state index in [2.05, 4.69) is 5.32 Å². The van der Waals surface area contributed by atoms with E-state index in [1.54, 1.807) is 13.8 Å². The third-order valence-electron chi connectivity index (χ3n) is 1.12. The van der Waals surface area contributed by atoms with Gasteiger partial charge in [-0.25, -0.2) is 0 Å². The fourth-order valence-corrected chi connectivity index (χ4v) is 0.466. The van der Waals surface area contributed by atoms with Gasteiger partial charge in [0.15, 0.2) is 0 Å². The maximum atomic E-state index is 11.0. The molecule has 0 aliphatic carbocycles. The molecule has 0 aromatic heterocycles. The van der Waals surface area contributed by atoms with Crippen LogP contribution in [-0.4, -0.2) is 23.5 Å². The van der Waals surface area contributed by atoms with Crippen LogP contribution in [0.4, 0.5) is 0 Å². The lowest BCUT2D eigenvalue weighted by atomic mass is 10.1. The quantitative estimate of drug-likeness (QED) is 0.661. The summed E-state index contributed by atoms with van der Waals surface area (Å²) in [5, 5.41) is 2.71. The van der Waals surface area contributed by atoms with E-state index >= 15 is 0 Å². The number of carbonyl (C=O) groups is 1. The van der Waals surface area contributed by atoms with E-state index in [9.17, 15) is 4.79 Å². The molecule has 0 saturated heterocycles. The van der Waals surface area contributed by atoms with Crippen LogP contribution in [0.1, 0.15) is 27.2 Å². The van der Waals surface area contributed by atoms with Crippen LogP contribution in [0.15, 0.2) is 0 Å². The van der Waals surface area contributed by atoms with Gasteiger partial charge >= 0.3 is 0 Å². The third-order valence-corrected chi connectivity index (χ3v) is 1.12. The minimum absolute atomic E-state index is 0. The summed E-state index contributed by atoms with van der Waals surface area (Å²) in [6, 6.07) is 0. The maximum absolute atomic E-state index is 11.0. The van der Waals surface area contributed by atoms with Gasteiger partial charge in [0.1, 0.15) is 0 Å². The Balaban J connectivity index is -0.000000405. The first-order valence-corrected chi connectivity index (χ1v) is 3.55. The summed E-state index contributed by atoms with van der Waals surface area (Å²) in [4.78, 5) is 11.0. The lowest BCUT2D eigenvalue weighted by molar-refractivity contribution is -0.125. The molecule has 0 saturated carbocycles. The molecule has 0 spiro atoms. The van der Waals surface area contributed by atoms with Crippen LogP contribution < -0.4 is 11.1 Å². The first-order valence-electron chi connectivity index (χ1n) is 3.55. The highest BCUT2D eigenvalue weighted by Gasteiger charge is 2.20. The van der Waals surface area contributed by atoms with Crippen LogP contribution >= 0.6 is 12.4 Å². The van der Waals surface area contributed by atoms with E-state index in [-0.39, 0.29) is 23.8 Å². The van der Waals surface area contributed by atoms with E-state index in [0.717, 1.165) is 6.42 Å². The molecule has 1 amide bonds. The molecule has 0 heterocycles. The van der Waals surface area contributed by atoms with E-state index in [1.807, 2.05) is 6.92 Å². The average molecular weight is 199 g/mol. The van der Waals surface area contributed by atoms with Gasteiger partial charge in [0.2, 0.25) is 5.91 Å². The molecule has 0 fully saturated rings. The van der Waals surface area contributed by atoms with Crippen molar-refractivity contribution in [3.05, 3.63) is 0 Å². The van der Waals surface area contributed by atoms with Crippen LogP contribution in [0.2, 0.25) is 0 Å². The van der Waals surface area contributed by atoms with Crippen LogP contribution in [0.25, 0.3) is 0 Å². The highest BCUT2D eigenvalue weighted by Crippen LogP contribution is 1.94. The smallest absolute Gasteiger partial charge is 0.239 e. The lowest BCUT2D eigenvalue weighted by Gasteiger charge is -2.16. The van der Waals surface area contributed by atoms with E-state index in [0.29, 0.717) is 6.54 Å². The Morgan fingerprint density at radius 3 is 2.17 bits per heavy atom. The normalized spacial score (nSPS) is 9.33. The highest BCUT2D eigenvalue weighted by molar-refractivity contribution is 5.85. The zero-order valence-corrected chi connectivity index (χ0v) is 8.62. The van der Waals surface area contributed by atoms with Gasteiger partial charge in [-0.2, -0.15) is 0 Å². The van der Waals surface area contributed by atoms with Crippen LogP contribution in [0.3, 0.4) is 0 Å². The molecule has 0 aliphatic heterocycles. The number of halogens is 1. The van der Waals surface area contributed by atoms with Gasteiger partial charge in [-0.05, 0) is 20.3 Å². The second kappa shape index (κ2) is 7.34. The summed E-state index contributed by atoms with van der Waals surface area (Å²) in [7, 11) is 0. The second-order valence-electron chi connectivity index (χ2n) is 2.98. The van der Waals surface area contributed by atoms with Crippen molar-refractivity contribution in [3.63, 3.8) is 0 Å². The molecule has 4 nitrogen and oxygen atoms in total. The Hall–Kier alpha value is -0.320. The topological polar surface area (TPSA) is 86.6 Å². The molecular weight excluding hydrogens is 180 g/mol. The van der Waals surface area contributed by atoms with Crippen LogP contribution in [-0.2, 0) is 4.79 Å². The Bertz CT molecular complexity index is 123. The van der Waals surface area contributed by atoms with Gasteiger partial charge in [-0.1, -0.05) is 6.92 Å². The van der Waals surface area contributed by atoms with E-state index < -0.39 is 5.54 Å². The standard InChI is InChI=1S/C7H16N2O.ClH.H2O/c1-4-5-9-6(10)7(2,3)8;;/h4-5,8H2,1-3H3,(H,9,10);1H;1H2. The number of rotatable bonds is 3. The number of amides is 1. The molecule has 0 aliphatic rings. The zero-order valence-electron chi connectivity index (χ0n) is 7.81. The fraction of sp³-hybridized carbons (Fsp3) is 0.857. The van der Waals surface area contributed by atoms with Crippen molar-refractivity contribution in [1.82, 2.24) is 5.32 Å². The summed E-state index contributed by atoms with van der Waals surface area (Å²) < 4.78 is 0. The molecular formula is C7H19ClN2O2. The Labute approximate surface area is 79.6 Å². The van der Waals surface area contributed by atoms with Gasteiger partial charge < -0.3 is 16.5 Å². The van der Waals surface area contributed by atoms with Crippen molar-refractivity contribution in [2.24, 2.45) is 5.73 Å². The largest absolute Gasteiger partial charge is 0.412 e. The van der Waals surface area contributed by atoms with Crippen molar-refractivity contribution in [2.45, 2.75) is 32.7 Å². The summed E-state index contributed by atoms with van der Waals surface area (Å²) in [5.74, 6) is -0.0886. The Morgan fingerprint density at radius 2 is 1.92 bits per heavy atom. The SMILES string of the molecule is CCCNC(=O)C(C)(C)N.Cl.O. The molecule has 0 aromatic carbocycles. The summed E-state index contributed by atoms with van der Waals surface area (Å²) in [5.41, 5.74) is 4.77. The maximum Gasteiger partial charge on any atom is 0.239 e. The second-order valence-corrected chi connectivity index (χ2v) is 2.98. The molecule has 0 atom stereocenters. The van der Waals surface area contributed by atoms with Crippen molar-refractivity contribution >= 4 is 18.3 Å². The van der Waals surface area contributed by atoms with Gasteiger partial charge in [-0.3, -0.25) is 4.79 Å². The predicted molar refractivity (Wildman–Crippen MR) is 52.4 cm³/mol. The molecule has 0 rings (SSSR count). The number of carbonyl (C=O) groups excluding carboxylic acids is 1. The molecule has 0 aromatic rings. The summed E-state index contributed by atoms with van der Waals surface area (Å²) in [6.45, 7) is 6.10. The third kappa shape index (κ3) is 7.78. The van der Waals surface area contributed by atoms with E-state index in [1.165, 1.54) is 0 Å². The minimum Gasteiger partial charge on any atom is -0.412 e. The number of nitrogens with two attached hydrogens (primary N) is 1. The minimum atomic E-state index is -0.741. The molecule has 5 N–H and O–H groups in total. The Kier molecular flexibility index (Phi) is 10.8. The first-order chi connectivity index (χ1) is 4.48. The molecule has 76 valence electrons. The molecule has 0 radical (unpaired) electrons. The molecule has 0 unspecified atom stereocenters. The van der Waals surface area contributed by atoms with Gasteiger partial charge in [0, 0.05) is 6.54 Å². The van der Waals surface area contributed by atoms with Crippen molar-refractivity contribution in [3.8, 4) is 0 Å². The number of hydrogen-bond donors (Lipinski definition) is 2. The van der Waals surface area contributed by atoms with Gasteiger partial charge in [0.05, 0.1) is 5.54 Å². The summed E-state index contributed by atoms with van der Waals surface area (Å²) in [6.07, 6.45) is 0.946. The monoisotopic (exact) mass is 198 g/mol. The predicted octanol–water partition coefficient (Wildman–Crippen LogP) is -0.153. The van der Waals surface area contributed by atoms with Crippen LogP contribution in [0.5, 0.6) is 0 Å². The number of hydrogen-bond acceptors (Lipinski definition) is 2. The fourth-order valence-electron chi connectivity index (χ4n) is 0.466. The van der Waals surface area contributed by atoms with E-state index in [4.69, 9.17) is 5.73 Å². The zero-order chi connectivity index (χ0) is 8.20. The molecule has 5 heteroatoms. The highest BCUT2D eigenvalue weighted by atomic mass is 35.5. The van der Waals surface area contributed by atoms with Gasteiger partial charge in [-0.15, -0.1) is 12.4 Å². The molecule has 0 bridgehead atoms. The lowest BCUT2D eigenvalue weighted by Crippen LogP contribution is -2.49. The molecule has 12 heavy (non-hydrogen) atoms. The van der Waals surface area contributed by atoms with Gasteiger partial charge in [0.25, 0.3) is 0 Å². The Morgan fingerprint density at radius 1 is 1.50 bits per heavy atom. The average Bonchev–Trinajstić information content (AvgIpc) is 1.80. The van der Waals surface area contributed by atoms with Crippen molar-refractivity contribution in [1.29, 1.82) is 0 Å². The first kappa shape index (κ1) is 17.7. The summed E-state index contributed by atoms with van der Waals surface area (Å²) >= 11 is 0. The number of nitrogens with one attached hydrogen (secondary N) is 1. The van der Waals surface area contributed by atoms with Crippen LogP contribution in [0, 0.1) is 0 Å². The van der Waals surface area contributed by atoms with Crippen molar-refractivity contribution < 1.29 is 10.3 Å².